The van der Waals surface area contributed by atoms with Crippen molar-refractivity contribution in [1.82, 2.24) is 15.1 Å². The summed E-state index contributed by atoms with van der Waals surface area (Å²) >= 11 is 0. The number of hydrogen-bond donors (Lipinski definition) is 1. The molecule has 1 amide bonds. The van der Waals surface area contributed by atoms with Crippen LogP contribution in [0.4, 0.5) is 0 Å². The second-order valence-corrected chi connectivity index (χ2v) is 5.42. The molecule has 4 nitrogen and oxygen atoms in total. The number of likely N-dealkylation sites (tertiary alicyclic amines) is 1. The van der Waals surface area contributed by atoms with E-state index in [2.05, 4.69) is 17.3 Å². The lowest BCUT2D eigenvalue weighted by Gasteiger charge is -2.30. The molecule has 0 aromatic rings. The van der Waals surface area contributed by atoms with E-state index in [-0.39, 0.29) is 0 Å². The quantitative estimate of drug-likeness (QED) is 0.781. The van der Waals surface area contributed by atoms with E-state index < -0.39 is 0 Å². The molecule has 1 N–H and O–H groups in total. The molecule has 0 unspecified atom stereocenters. The van der Waals surface area contributed by atoms with Crippen LogP contribution in [0.3, 0.4) is 0 Å². The number of nitrogens with one attached hydrogen (secondary N) is 1. The maximum atomic E-state index is 12.0. The number of hydrogen-bond acceptors (Lipinski definition) is 3. The molecule has 17 heavy (non-hydrogen) atoms. The molecule has 0 aliphatic carbocycles. The van der Waals surface area contributed by atoms with Crippen LogP contribution in [-0.4, -0.2) is 62.0 Å². The van der Waals surface area contributed by atoms with Gasteiger partial charge in [0.25, 0.3) is 0 Å². The van der Waals surface area contributed by atoms with Crippen molar-refractivity contribution in [3.8, 4) is 0 Å². The number of carbonyl (C=O) groups excluding carboxylic acids is 1. The zero-order valence-corrected chi connectivity index (χ0v) is 11.0. The fourth-order valence-corrected chi connectivity index (χ4v) is 2.75. The molecule has 4 heteroatoms. The largest absolute Gasteiger partial charge is 0.340 e. The van der Waals surface area contributed by atoms with Crippen LogP contribution in [0.25, 0.3) is 0 Å². The summed E-state index contributed by atoms with van der Waals surface area (Å²) in [5, 5.41) is 3.28. The summed E-state index contributed by atoms with van der Waals surface area (Å²) in [5.41, 5.74) is 0. The molecule has 0 bridgehead atoms. The second-order valence-electron chi connectivity index (χ2n) is 5.42. The van der Waals surface area contributed by atoms with Gasteiger partial charge in [-0.25, -0.2) is 0 Å². The topological polar surface area (TPSA) is 35.6 Å². The van der Waals surface area contributed by atoms with Gasteiger partial charge in [-0.1, -0.05) is 0 Å². The Hall–Kier alpha value is -0.610. The van der Waals surface area contributed by atoms with Crippen molar-refractivity contribution in [2.75, 3.05) is 46.3 Å². The molecule has 2 fully saturated rings. The summed E-state index contributed by atoms with van der Waals surface area (Å²) in [6, 6.07) is 0. The highest BCUT2D eigenvalue weighted by Crippen LogP contribution is 2.21. The predicted octanol–water partition coefficient (Wildman–Crippen LogP) is 0.540. The average molecular weight is 239 g/mol. The van der Waals surface area contributed by atoms with Crippen LogP contribution in [0.1, 0.15) is 25.7 Å². The smallest absolute Gasteiger partial charge is 0.222 e. The zero-order valence-electron chi connectivity index (χ0n) is 11.0. The molecule has 0 spiro atoms. The third-order valence-electron chi connectivity index (χ3n) is 4.07. The summed E-state index contributed by atoms with van der Waals surface area (Å²) in [6.45, 7) is 6.11. The lowest BCUT2D eigenvalue weighted by molar-refractivity contribution is -0.132. The second kappa shape index (κ2) is 6.36. The van der Waals surface area contributed by atoms with Gasteiger partial charge < -0.3 is 15.1 Å². The van der Waals surface area contributed by atoms with Crippen molar-refractivity contribution in [3.05, 3.63) is 0 Å². The Labute approximate surface area is 104 Å². The molecule has 0 aromatic heterocycles. The lowest BCUT2D eigenvalue weighted by atomic mass is 9.92. The minimum Gasteiger partial charge on any atom is -0.340 e. The molecule has 2 aliphatic heterocycles. The minimum absolute atomic E-state index is 0.366. The van der Waals surface area contributed by atoms with Gasteiger partial charge in [-0.05, 0) is 45.3 Å². The fourth-order valence-electron chi connectivity index (χ4n) is 2.75. The minimum atomic E-state index is 0.366. The Morgan fingerprint density at radius 3 is 2.47 bits per heavy atom. The first-order valence-corrected chi connectivity index (χ1v) is 6.93. The van der Waals surface area contributed by atoms with E-state index in [1.807, 2.05) is 4.90 Å². The molecule has 2 heterocycles. The van der Waals surface area contributed by atoms with Crippen LogP contribution < -0.4 is 5.32 Å². The summed E-state index contributed by atoms with van der Waals surface area (Å²) < 4.78 is 0. The van der Waals surface area contributed by atoms with E-state index in [0.717, 1.165) is 44.9 Å². The molecular formula is C13H25N3O. The van der Waals surface area contributed by atoms with Crippen molar-refractivity contribution >= 4 is 5.91 Å². The Kier molecular flexibility index (Phi) is 4.80. The van der Waals surface area contributed by atoms with Crippen LogP contribution in [0, 0.1) is 5.92 Å². The van der Waals surface area contributed by atoms with E-state index in [4.69, 9.17) is 0 Å². The van der Waals surface area contributed by atoms with Gasteiger partial charge in [0.2, 0.25) is 5.91 Å². The molecule has 2 rings (SSSR count). The summed E-state index contributed by atoms with van der Waals surface area (Å²) in [7, 11) is 2.18. The van der Waals surface area contributed by atoms with Crippen LogP contribution >= 0.6 is 0 Å². The maximum absolute atomic E-state index is 12.0. The number of nitrogens with zero attached hydrogens (tertiary/aromatic N) is 2. The van der Waals surface area contributed by atoms with Crippen molar-refractivity contribution in [3.63, 3.8) is 0 Å². The van der Waals surface area contributed by atoms with Gasteiger partial charge in [0.1, 0.15) is 0 Å². The summed E-state index contributed by atoms with van der Waals surface area (Å²) in [4.78, 5) is 16.4. The Bertz CT molecular complexity index is 243. The third-order valence-corrected chi connectivity index (χ3v) is 4.07. The van der Waals surface area contributed by atoms with Crippen LogP contribution in [-0.2, 0) is 4.79 Å². The fraction of sp³-hybridized carbons (Fsp3) is 0.923. The molecule has 0 saturated carbocycles. The van der Waals surface area contributed by atoms with Crippen molar-refractivity contribution < 1.29 is 4.79 Å². The van der Waals surface area contributed by atoms with Crippen LogP contribution in [0.2, 0.25) is 0 Å². The van der Waals surface area contributed by atoms with E-state index in [1.165, 1.54) is 25.9 Å². The number of piperazine rings is 1. The van der Waals surface area contributed by atoms with Gasteiger partial charge in [-0.2, -0.15) is 0 Å². The molecule has 2 saturated heterocycles. The molecule has 2 aliphatic rings. The van der Waals surface area contributed by atoms with E-state index in [9.17, 15) is 4.79 Å². The monoisotopic (exact) mass is 239 g/mol. The molecule has 0 radical (unpaired) electrons. The van der Waals surface area contributed by atoms with Gasteiger partial charge >= 0.3 is 0 Å². The molecular weight excluding hydrogens is 214 g/mol. The third kappa shape index (κ3) is 3.96. The molecule has 0 atom stereocenters. The number of carbonyl (C=O) groups is 1. The van der Waals surface area contributed by atoms with Gasteiger partial charge in [-0.3, -0.25) is 4.79 Å². The summed E-state index contributed by atoms with van der Waals surface area (Å²) in [5.74, 6) is 1.14. The van der Waals surface area contributed by atoms with Crippen molar-refractivity contribution in [2.24, 2.45) is 5.92 Å². The average Bonchev–Trinajstić information content (AvgIpc) is 2.39. The SMILES string of the molecule is CN1CCC(CCC(=O)N2CCNCC2)CC1. The highest BCUT2D eigenvalue weighted by atomic mass is 16.2. The first-order chi connectivity index (χ1) is 8.25. The molecule has 0 aromatic carbocycles. The van der Waals surface area contributed by atoms with E-state index >= 15 is 0 Å². The number of piperidine rings is 1. The Balaban J connectivity index is 1.65. The van der Waals surface area contributed by atoms with Gasteiger partial charge in [-0.15, -0.1) is 0 Å². The standard InChI is InChI=1S/C13H25N3O/c1-15-8-4-12(5-9-15)2-3-13(17)16-10-6-14-7-11-16/h12,14H,2-11H2,1H3. The van der Waals surface area contributed by atoms with Crippen LogP contribution in [0.15, 0.2) is 0 Å². The predicted molar refractivity (Wildman–Crippen MR) is 68.9 cm³/mol. The van der Waals surface area contributed by atoms with Gasteiger partial charge in [0, 0.05) is 32.6 Å². The summed E-state index contributed by atoms with van der Waals surface area (Å²) in [6.07, 6.45) is 4.39. The zero-order chi connectivity index (χ0) is 12.1. The number of rotatable bonds is 3. The Morgan fingerprint density at radius 2 is 1.82 bits per heavy atom. The highest BCUT2D eigenvalue weighted by molar-refractivity contribution is 5.76. The Morgan fingerprint density at radius 1 is 1.18 bits per heavy atom. The van der Waals surface area contributed by atoms with Gasteiger partial charge in [0.05, 0.1) is 0 Å². The highest BCUT2D eigenvalue weighted by Gasteiger charge is 2.20. The molecule has 98 valence electrons. The van der Waals surface area contributed by atoms with Crippen LogP contribution in [0.5, 0.6) is 0 Å². The first-order valence-electron chi connectivity index (χ1n) is 6.93. The van der Waals surface area contributed by atoms with Gasteiger partial charge in [0.15, 0.2) is 0 Å². The van der Waals surface area contributed by atoms with Crippen molar-refractivity contribution in [1.29, 1.82) is 0 Å². The number of amides is 1. The first kappa shape index (κ1) is 12.8. The maximum Gasteiger partial charge on any atom is 0.222 e. The lowest BCUT2D eigenvalue weighted by Crippen LogP contribution is -2.46. The van der Waals surface area contributed by atoms with E-state index in [0.29, 0.717) is 5.91 Å². The normalized spacial score (nSPS) is 23.9. The van der Waals surface area contributed by atoms with E-state index in [1.54, 1.807) is 0 Å². The van der Waals surface area contributed by atoms with Crippen molar-refractivity contribution in [2.45, 2.75) is 25.7 Å².